The number of unbranched alkanes of at least 4 members (excludes halogenated alkanes) is 30. The molecule has 0 fully saturated rings. The summed E-state index contributed by atoms with van der Waals surface area (Å²) in [5, 5.41) is 10.6. The Hall–Kier alpha value is -0.450. The van der Waals surface area contributed by atoms with Crippen molar-refractivity contribution >= 4 is 21.2 Å². The second kappa shape index (κ2) is 33.5. The highest BCUT2D eigenvalue weighted by Crippen LogP contribution is 2.30. The molecule has 264 valence electrons. The van der Waals surface area contributed by atoms with Crippen LogP contribution in [0.5, 0.6) is 5.75 Å². The minimum absolute atomic E-state index is 0.290. The lowest BCUT2D eigenvalue weighted by Crippen LogP contribution is -1.96. The van der Waals surface area contributed by atoms with Crippen molar-refractivity contribution in [2.75, 3.05) is 0 Å². The summed E-state index contributed by atoms with van der Waals surface area (Å²) in [5.41, 5.74) is 2.40. The van der Waals surface area contributed by atoms with Crippen molar-refractivity contribution in [1.29, 1.82) is 0 Å². The maximum atomic E-state index is 11.9. The summed E-state index contributed by atoms with van der Waals surface area (Å²) in [6, 6.07) is 4.17. The van der Waals surface area contributed by atoms with Gasteiger partial charge in [0.05, 0.1) is 3.57 Å². The molecule has 1 N–H and O–H groups in total. The van der Waals surface area contributed by atoms with E-state index in [4.69, 9.17) is 0 Å². The van der Waals surface area contributed by atoms with Crippen LogP contribution in [0, 0.1) is 3.57 Å². The third-order valence-electron chi connectivity index (χ3n) is 9.88. The zero-order valence-corrected chi connectivity index (χ0v) is 32.6. The van der Waals surface area contributed by atoms with Gasteiger partial charge in [0.1, 0.15) is 5.75 Å². The molecule has 0 radical (unpaired) electrons. The number of aryl methyl sites for hydroxylation is 2. The lowest BCUT2D eigenvalue weighted by atomic mass is 9.99. The maximum Gasteiger partial charge on any atom is 0.186 e. The first-order chi connectivity index (χ1) is 22.2. The van der Waals surface area contributed by atoms with E-state index in [1.807, 2.05) is 6.07 Å². The first kappa shape index (κ1) is 42.6. The van der Waals surface area contributed by atoms with E-state index in [0.717, 1.165) is 28.4 Å². The minimum atomic E-state index is -1.33. The number of benzene rings is 1. The van der Waals surface area contributed by atoms with Gasteiger partial charge in [-0.2, -0.15) is 0 Å². The lowest BCUT2D eigenvalue weighted by molar-refractivity contribution is 0.468. The van der Waals surface area contributed by atoms with Crippen LogP contribution < -0.4 is 0 Å². The van der Waals surface area contributed by atoms with Gasteiger partial charge >= 0.3 is 0 Å². The Kier molecular flexibility index (Phi) is 31.6. The molecule has 0 aliphatic heterocycles. The van der Waals surface area contributed by atoms with Gasteiger partial charge < -0.3 is 5.11 Å². The molecule has 0 saturated heterocycles. The number of phenolic OH excluding ortho intramolecular Hbond substituents is 1. The molecule has 1 aromatic carbocycles. The number of aromatic hydroxyl groups is 1. The third kappa shape index (κ3) is 26.2. The molecule has 0 saturated carbocycles. The Morgan fingerprint density at radius 2 is 0.711 bits per heavy atom. The molecule has 0 aliphatic rings. The van der Waals surface area contributed by atoms with Gasteiger partial charge in [0.25, 0.3) is 0 Å². The second-order valence-corrected chi connectivity index (χ2v) is 15.8. The van der Waals surface area contributed by atoms with Crippen LogP contribution >= 0.6 is 21.2 Å². The monoisotopic (exact) mass is 740 g/mol. The molecule has 0 unspecified atom stereocenters. The van der Waals surface area contributed by atoms with Crippen LogP contribution in [-0.4, -0.2) is 5.11 Å². The number of halogens is 1. The average molecular weight is 741 g/mol. The molecule has 0 heterocycles. The summed E-state index contributed by atoms with van der Waals surface area (Å²) in [7, 11) is 0. The quantitative estimate of drug-likeness (QED) is 0.0556. The molecule has 0 amide bonds. The van der Waals surface area contributed by atoms with Crippen LogP contribution in [0.2, 0.25) is 0 Å². The van der Waals surface area contributed by atoms with E-state index in [1.165, 1.54) is 205 Å². The fourth-order valence-electron chi connectivity index (χ4n) is 6.89. The fraction of sp³-hybridized carbons (Fsp3) is 0.857. The summed E-state index contributed by atoms with van der Waals surface area (Å²) >= 11 is -1.33. The zero-order valence-electron chi connectivity index (χ0n) is 30.4. The molecular formula is C42H77IO2. The SMILES string of the molecule is CCCCCCCCCCCCCCCCCCc1cc(O)c(I=O)c(CCCCCCCCCCCCCCCCCC)c1. The lowest BCUT2D eigenvalue weighted by Gasteiger charge is -2.10. The summed E-state index contributed by atoms with van der Waals surface area (Å²) in [6.45, 7) is 4.59. The largest absolute Gasteiger partial charge is 0.507 e. The Balaban J connectivity index is 2.04. The van der Waals surface area contributed by atoms with E-state index in [1.54, 1.807) is 0 Å². The molecular weight excluding hydrogens is 663 g/mol. The predicted octanol–water partition coefficient (Wildman–Crippen LogP) is 15.5. The fourth-order valence-corrected chi connectivity index (χ4v) is 7.98. The topological polar surface area (TPSA) is 37.3 Å². The van der Waals surface area contributed by atoms with Crippen LogP contribution in [0.15, 0.2) is 12.1 Å². The highest BCUT2D eigenvalue weighted by Gasteiger charge is 2.11. The van der Waals surface area contributed by atoms with Crippen LogP contribution in [0.25, 0.3) is 0 Å². The van der Waals surface area contributed by atoms with Crippen molar-refractivity contribution in [3.05, 3.63) is 26.8 Å². The number of hydrogen-bond donors (Lipinski definition) is 1. The van der Waals surface area contributed by atoms with Gasteiger partial charge in [-0.05, 0) is 42.9 Å². The third-order valence-corrected chi connectivity index (χ3v) is 11.6. The maximum absolute atomic E-state index is 11.9. The van der Waals surface area contributed by atoms with Gasteiger partial charge in [0.2, 0.25) is 0 Å². The molecule has 0 aromatic heterocycles. The molecule has 1 aromatic rings. The van der Waals surface area contributed by atoms with E-state index in [2.05, 4.69) is 19.9 Å². The Morgan fingerprint density at radius 3 is 1.02 bits per heavy atom. The standard InChI is InChI=1S/C42H77IO2/c1-3-5-7-9-11-13-15-17-19-21-23-25-27-29-31-33-35-39-37-40(42(43-45)41(44)38-39)36-34-32-30-28-26-24-22-20-18-16-14-12-10-8-6-4-2/h37-38,44H,3-36H2,1-2H3. The van der Waals surface area contributed by atoms with Gasteiger partial charge in [-0.25, -0.2) is 0 Å². The molecule has 2 nitrogen and oxygen atoms in total. The van der Waals surface area contributed by atoms with Crippen LogP contribution in [-0.2, 0) is 15.9 Å². The molecule has 3 heteroatoms. The molecule has 0 atom stereocenters. The van der Waals surface area contributed by atoms with Crippen LogP contribution in [0.3, 0.4) is 0 Å². The smallest absolute Gasteiger partial charge is 0.186 e. The minimum Gasteiger partial charge on any atom is -0.507 e. The summed E-state index contributed by atoms with van der Waals surface area (Å²) in [6.07, 6.45) is 46.4. The van der Waals surface area contributed by atoms with E-state index in [-0.39, 0.29) is 0 Å². The molecule has 0 spiro atoms. The average Bonchev–Trinajstić information content (AvgIpc) is 3.04. The van der Waals surface area contributed by atoms with Crippen molar-refractivity contribution in [2.45, 2.75) is 232 Å². The van der Waals surface area contributed by atoms with Gasteiger partial charge in [-0.15, -0.1) is 0 Å². The first-order valence-corrected chi connectivity index (χ1v) is 22.3. The van der Waals surface area contributed by atoms with Gasteiger partial charge in [-0.3, -0.25) is 3.07 Å². The summed E-state index contributed by atoms with van der Waals surface area (Å²) in [4.78, 5) is 0. The predicted molar refractivity (Wildman–Crippen MR) is 208 cm³/mol. The van der Waals surface area contributed by atoms with Crippen molar-refractivity contribution in [3.63, 3.8) is 0 Å². The van der Waals surface area contributed by atoms with Crippen molar-refractivity contribution in [2.24, 2.45) is 0 Å². The van der Waals surface area contributed by atoms with Crippen molar-refractivity contribution in [3.8, 4) is 5.75 Å². The summed E-state index contributed by atoms with van der Waals surface area (Å²) < 4.78 is 12.7. The first-order valence-electron chi connectivity index (χ1n) is 20.3. The van der Waals surface area contributed by atoms with Crippen molar-refractivity contribution in [1.82, 2.24) is 0 Å². The zero-order chi connectivity index (χ0) is 32.5. The number of rotatable bonds is 35. The number of phenols is 1. The molecule has 1 rings (SSSR count). The van der Waals surface area contributed by atoms with E-state index in [9.17, 15) is 8.18 Å². The second-order valence-electron chi connectivity index (χ2n) is 14.3. The number of hydrogen-bond acceptors (Lipinski definition) is 2. The molecule has 45 heavy (non-hydrogen) atoms. The van der Waals surface area contributed by atoms with Crippen molar-refractivity contribution < 1.29 is 8.18 Å². The van der Waals surface area contributed by atoms with Gasteiger partial charge in [0, 0.05) is 0 Å². The highest BCUT2D eigenvalue weighted by molar-refractivity contribution is 14.1. The van der Waals surface area contributed by atoms with Gasteiger partial charge in [-0.1, -0.05) is 213 Å². The van der Waals surface area contributed by atoms with E-state index >= 15 is 0 Å². The van der Waals surface area contributed by atoms with E-state index < -0.39 is 21.2 Å². The molecule has 0 bridgehead atoms. The molecule has 0 aliphatic carbocycles. The Morgan fingerprint density at radius 1 is 0.422 bits per heavy atom. The van der Waals surface area contributed by atoms with Gasteiger partial charge in [0.15, 0.2) is 21.2 Å². The highest BCUT2D eigenvalue weighted by atomic mass is 127. The van der Waals surface area contributed by atoms with Crippen LogP contribution in [0.1, 0.15) is 230 Å². The Bertz CT molecular complexity index is 776. The van der Waals surface area contributed by atoms with E-state index in [0.29, 0.717) is 5.75 Å². The Labute approximate surface area is 292 Å². The summed E-state index contributed by atoms with van der Waals surface area (Å²) in [5.74, 6) is 0.290. The normalized spacial score (nSPS) is 11.5. The van der Waals surface area contributed by atoms with Crippen LogP contribution in [0.4, 0.5) is 0 Å².